The molecule has 7 nitrogen and oxygen atoms in total. The van der Waals surface area contributed by atoms with E-state index in [2.05, 4.69) is 5.32 Å². The second kappa shape index (κ2) is 7.76. The first-order chi connectivity index (χ1) is 11.8. The van der Waals surface area contributed by atoms with E-state index in [0.717, 1.165) is 0 Å². The molecule has 0 heterocycles. The number of nitrogens with one attached hydrogen (secondary N) is 1. The lowest BCUT2D eigenvalue weighted by atomic mass is 10.1. The van der Waals surface area contributed by atoms with Gasteiger partial charge in [0.2, 0.25) is 5.91 Å². The van der Waals surface area contributed by atoms with Gasteiger partial charge in [0.25, 0.3) is 5.69 Å². The minimum absolute atomic E-state index is 0.0944. The van der Waals surface area contributed by atoms with Crippen molar-refractivity contribution in [3.8, 4) is 0 Å². The van der Waals surface area contributed by atoms with Crippen LogP contribution >= 0.6 is 11.6 Å². The molecule has 2 rings (SSSR count). The average molecular weight is 362 g/mol. The highest BCUT2D eigenvalue weighted by Crippen LogP contribution is 2.28. The van der Waals surface area contributed by atoms with Crippen molar-refractivity contribution in [1.82, 2.24) is 0 Å². The van der Waals surface area contributed by atoms with Crippen molar-refractivity contribution in [1.29, 1.82) is 0 Å². The van der Waals surface area contributed by atoms with Crippen LogP contribution in [-0.4, -0.2) is 30.2 Å². The monoisotopic (exact) mass is 361 g/mol. The number of nitrogens with zero attached hydrogens (tertiary/aromatic N) is 2. The van der Waals surface area contributed by atoms with Crippen molar-refractivity contribution in [2.45, 2.75) is 6.92 Å². The normalized spacial score (nSPS) is 10.2. The van der Waals surface area contributed by atoms with E-state index in [1.807, 2.05) is 0 Å². The molecule has 1 amide bonds. The standard InChI is InChI=1S/C17H16ClN3O4/c1-11(22)12-3-8-15(16(9-12)21(24)25)20(2)10-17(23)19-14-6-4-13(18)5-7-14/h3-9H,10H2,1-2H3,(H,19,23). The summed E-state index contributed by atoms with van der Waals surface area (Å²) < 4.78 is 0. The Kier molecular flexibility index (Phi) is 5.71. The maximum Gasteiger partial charge on any atom is 0.293 e. The molecule has 0 radical (unpaired) electrons. The van der Waals surface area contributed by atoms with Crippen LogP contribution in [0.4, 0.5) is 17.1 Å². The summed E-state index contributed by atoms with van der Waals surface area (Å²) in [6, 6.07) is 10.8. The number of likely N-dealkylation sites (N-methyl/N-ethyl adjacent to an activating group) is 1. The molecule has 0 atom stereocenters. The van der Waals surface area contributed by atoms with E-state index < -0.39 is 4.92 Å². The number of amides is 1. The van der Waals surface area contributed by atoms with Crippen LogP contribution in [0.25, 0.3) is 0 Å². The highest BCUT2D eigenvalue weighted by Gasteiger charge is 2.20. The van der Waals surface area contributed by atoms with Gasteiger partial charge >= 0.3 is 0 Å². The number of rotatable bonds is 6. The first kappa shape index (κ1) is 18.4. The van der Waals surface area contributed by atoms with E-state index in [-0.39, 0.29) is 35.2 Å². The van der Waals surface area contributed by atoms with Crippen molar-refractivity contribution in [3.05, 3.63) is 63.2 Å². The van der Waals surface area contributed by atoms with Crippen LogP contribution < -0.4 is 10.2 Å². The van der Waals surface area contributed by atoms with Gasteiger partial charge < -0.3 is 10.2 Å². The van der Waals surface area contributed by atoms with E-state index in [9.17, 15) is 19.7 Å². The molecule has 0 spiro atoms. The lowest BCUT2D eigenvalue weighted by Crippen LogP contribution is -2.30. The van der Waals surface area contributed by atoms with Crippen molar-refractivity contribution in [3.63, 3.8) is 0 Å². The zero-order valence-corrected chi connectivity index (χ0v) is 14.4. The predicted octanol–water partition coefficient (Wildman–Crippen LogP) is 3.53. The van der Waals surface area contributed by atoms with Crippen molar-refractivity contribution in [2.24, 2.45) is 0 Å². The topological polar surface area (TPSA) is 92.6 Å². The molecule has 0 aliphatic rings. The number of nitro groups is 1. The molecule has 8 heteroatoms. The number of carbonyl (C=O) groups is 2. The van der Waals surface area contributed by atoms with Gasteiger partial charge in [0.05, 0.1) is 11.5 Å². The SMILES string of the molecule is CC(=O)c1ccc(N(C)CC(=O)Nc2ccc(Cl)cc2)c([N+](=O)[O-])c1. The second-order valence-electron chi connectivity index (χ2n) is 5.43. The number of hydrogen-bond donors (Lipinski definition) is 1. The summed E-state index contributed by atoms with van der Waals surface area (Å²) in [6.45, 7) is 1.24. The van der Waals surface area contributed by atoms with Gasteiger partial charge in [0.1, 0.15) is 5.69 Å². The highest BCUT2D eigenvalue weighted by molar-refractivity contribution is 6.30. The third-order valence-corrected chi connectivity index (χ3v) is 3.75. The van der Waals surface area contributed by atoms with Crippen LogP contribution in [0.3, 0.4) is 0 Å². The van der Waals surface area contributed by atoms with Crippen molar-refractivity contribution in [2.75, 3.05) is 23.8 Å². The lowest BCUT2D eigenvalue weighted by molar-refractivity contribution is -0.384. The van der Waals surface area contributed by atoms with Gasteiger partial charge in [-0.2, -0.15) is 0 Å². The number of halogens is 1. The fraction of sp³-hybridized carbons (Fsp3) is 0.176. The van der Waals surface area contributed by atoms with Crippen molar-refractivity contribution >= 4 is 40.4 Å². The first-order valence-corrected chi connectivity index (χ1v) is 7.71. The Balaban J connectivity index is 2.15. The molecule has 0 aliphatic heterocycles. The Hall–Kier alpha value is -2.93. The number of nitro benzene ring substituents is 1. The summed E-state index contributed by atoms with van der Waals surface area (Å²) >= 11 is 5.79. The van der Waals surface area contributed by atoms with Gasteiger partial charge in [-0.05, 0) is 43.3 Å². The third-order valence-electron chi connectivity index (χ3n) is 3.50. The summed E-state index contributed by atoms with van der Waals surface area (Å²) in [7, 11) is 1.57. The average Bonchev–Trinajstić information content (AvgIpc) is 2.56. The van der Waals surface area contributed by atoms with E-state index >= 15 is 0 Å². The Morgan fingerprint density at radius 1 is 1.20 bits per heavy atom. The smallest absolute Gasteiger partial charge is 0.293 e. The molecular formula is C17H16ClN3O4. The molecule has 0 saturated heterocycles. The summed E-state index contributed by atoms with van der Waals surface area (Å²) in [5.74, 6) is -0.604. The molecule has 130 valence electrons. The molecule has 0 unspecified atom stereocenters. The van der Waals surface area contributed by atoms with E-state index in [0.29, 0.717) is 10.7 Å². The molecule has 25 heavy (non-hydrogen) atoms. The number of anilines is 2. The zero-order chi connectivity index (χ0) is 18.6. The van der Waals surface area contributed by atoms with E-state index in [4.69, 9.17) is 11.6 Å². The quantitative estimate of drug-likeness (QED) is 0.482. The van der Waals surface area contributed by atoms with Gasteiger partial charge in [-0.15, -0.1) is 0 Å². The molecule has 2 aromatic rings. The largest absolute Gasteiger partial charge is 0.360 e. The van der Waals surface area contributed by atoms with Crippen LogP contribution in [0, 0.1) is 10.1 Å². The first-order valence-electron chi connectivity index (χ1n) is 7.34. The number of Topliss-reactive ketones (excluding diaryl/α,β-unsaturated/α-hetero) is 1. The molecule has 0 saturated carbocycles. The Morgan fingerprint density at radius 2 is 1.84 bits per heavy atom. The van der Waals surface area contributed by atoms with Gasteiger partial charge in [-0.1, -0.05) is 11.6 Å². The van der Waals surface area contributed by atoms with Crippen LogP contribution in [0.15, 0.2) is 42.5 Å². The van der Waals surface area contributed by atoms with Gasteiger partial charge in [-0.25, -0.2) is 0 Å². The van der Waals surface area contributed by atoms with Crippen LogP contribution in [0.2, 0.25) is 5.02 Å². The van der Waals surface area contributed by atoms with Gasteiger partial charge in [0, 0.05) is 29.4 Å². The molecule has 0 aromatic heterocycles. The Labute approximate surface area is 149 Å². The highest BCUT2D eigenvalue weighted by atomic mass is 35.5. The van der Waals surface area contributed by atoms with E-state index in [1.54, 1.807) is 31.3 Å². The third kappa shape index (κ3) is 4.77. The maximum atomic E-state index is 12.1. The van der Waals surface area contributed by atoms with Gasteiger partial charge in [0.15, 0.2) is 5.78 Å². The molecular weight excluding hydrogens is 346 g/mol. The molecule has 0 fully saturated rings. The van der Waals surface area contributed by atoms with E-state index in [1.165, 1.54) is 30.0 Å². The van der Waals surface area contributed by atoms with Gasteiger partial charge in [-0.3, -0.25) is 19.7 Å². The molecule has 1 N–H and O–H groups in total. The minimum atomic E-state index is -0.574. The van der Waals surface area contributed by atoms with Crippen LogP contribution in [0.5, 0.6) is 0 Å². The van der Waals surface area contributed by atoms with Crippen LogP contribution in [-0.2, 0) is 4.79 Å². The number of ketones is 1. The minimum Gasteiger partial charge on any atom is -0.360 e. The number of carbonyl (C=O) groups excluding carboxylic acids is 2. The summed E-state index contributed by atoms with van der Waals surface area (Å²) in [6.07, 6.45) is 0. The van der Waals surface area contributed by atoms with Crippen molar-refractivity contribution < 1.29 is 14.5 Å². The number of benzene rings is 2. The molecule has 2 aromatic carbocycles. The summed E-state index contributed by atoms with van der Waals surface area (Å²) in [4.78, 5) is 35.7. The fourth-order valence-corrected chi connectivity index (χ4v) is 2.37. The fourth-order valence-electron chi connectivity index (χ4n) is 2.25. The summed E-state index contributed by atoms with van der Waals surface area (Å²) in [5.41, 5.74) is 0.842. The summed E-state index contributed by atoms with van der Waals surface area (Å²) in [5, 5.41) is 14.5. The number of hydrogen-bond acceptors (Lipinski definition) is 5. The zero-order valence-electron chi connectivity index (χ0n) is 13.7. The molecule has 0 aliphatic carbocycles. The lowest BCUT2D eigenvalue weighted by Gasteiger charge is -2.19. The maximum absolute atomic E-state index is 12.1. The Morgan fingerprint density at radius 3 is 2.40 bits per heavy atom. The van der Waals surface area contributed by atoms with Crippen LogP contribution in [0.1, 0.15) is 17.3 Å². The second-order valence-corrected chi connectivity index (χ2v) is 5.86. The predicted molar refractivity (Wildman–Crippen MR) is 96.5 cm³/mol. The molecule has 0 bridgehead atoms. The Bertz CT molecular complexity index is 821.